The molecule has 0 unspecified atom stereocenters. The molecular weight excluding hydrogens is 436 g/mol. The lowest BCUT2D eigenvalue weighted by Gasteiger charge is -2.13. The first-order chi connectivity index (χ1) is 11.7. The molecular formula is C18H29FIN3O2. The monoisotopic (exact) mass is 465 g/mol. The molecule has 5 nitrogen and oxygen atoms in total. The van der Waals surface area contributed by atoms with Gasteiger partial charge in [-0.1, -0.05) is 6.07 Å². The fourth-order valence-corrected chi connectivity index (χ4v) is 2.25. The van der Waals surface area contributed by atoms with Crippen molar-refractivity contribution in [2.24, 2.45) is 10.9 Å². The molecule has 0 aromatic heterocycles. The summed E-state index contributed by atoms with van der Waals surface area (Å²) in [6, 6.07) is 4.99. The number of guanidine groups is 1. The Hall–Kier alpha value is -1.09. The average Bonchev–Trinajstić information content (AvgIpc) is 3.40. The first-order valence-corrected chi connectivity index (χ1v) is 8.66. The van der Waals surface area contributed by atoms with Crippen molar-refractivity contribution in [3.05, 3.63) is 29.6 Å². The number of halogens is 2. The van der Waals surface area contributed by atoms with Gasteiger partial charge in [0.05, 0.1) is 6.61 Å². The van der Waals surface area contributed by atoms with Crippen LogP contribution in [-0.2, 0) is 11.3 Å². The second kappa shape index (κ2) is 12.3. The van der Waals surface area contributed by atoms with Crippen LogP contribution in [0.1, 0.15) is 31.7 Å². The molecule has 0 bridgehead atoms. The van der Waals surface area contributed by atoms with E-state index in [9.17, 15) is 4.39 Å². The van der Waals surface area contributed by atoms with E-state index in [1.165, 1.54) is 18.9 Å². The minimum absolute atomic E-state index is 0. The van der Waals surface area contributed by atoms with Gasteiger partial charge in [-0.3, -0.25) is 4.99 Å². The molecule has 25 heavy (non-hydrogen) atoms. The third-order valence-electron chi connectivity index (χ3n) is 3.79. The number of aliphatic imine (C=N–C) groups is 1. The van der Waals surface area contributed by atoms with Crippen LogP contribution in [0.15, 0.2) is 23.2 Å². The van der Waals surface area contributed by atoms with Crippen molar-refractivity contribution in [2.75, 3.05) is 33.4 Å². The molecule has 1 aromatic carbocycles. The minimum Gasteiger partial charge on any atom is -0.491 e. The molecule has 2 N–H and O–H groups in total. The van der Waals surface area contributed by atoms with Crippen LogP contribution in [0.2, 0.25) is 0 Å². The van der Waals surface area contributed by atoms with Gasteiger partial charge in [-0.2, -0.15) is 0 Å². The molecule has 0 saturated heterocycles. The fourth-order valence-electron chi connectivity index (χ4n) is 2.25. The lowest BCUT2D eigenvalue weighted by Crippen LogP contribution is -2.37. The van der Waals surface area contributed by atoms with Gasteiger partial charge < -0.3 is 20.1 Å². The lowest BCUT2D eigenvalue weighted by molar-refractivity contribution is 0.123. The summed E-state index contributed by atoms with van der Waals surface area (Å²) < 4.78 is 24.6. The number of nitrogens with one attached hydrogen (secondary N) is 2. The second-order valence-electron chi connectivity index (χ2n) is 5.92. The predicted molar refractivity (Wildman–Crippen MR) is 109 cm³/mol. The molecule has 0 atom stereocenters. The average molecular weight is 465 g/mol. The first kappa shape index (κ1) is 22.0. The molecule has 0 heterocycles. The Morgan fingerprint density at radius 2 is 2.12 bits per heavy atom. The summed E-state index contributed by atoms with van der Waals surface area (Å²) in [7, 11) is 1.72. The SMILES string of the molecule is CCOc1ccc(CNC(=NC)NCCCOCC2CC2)cc1F.I. The number of hydrogen-bond acceptors (Lipinski definition) is 3. The summed E-state index contributed by atoms with van der Waals surface area (Å²) >= 11 is 0. The quantitative estimate of drug-likeness (QED) is 0.241. The number of benzene rings is 1. The Labute approximate surface area is 166 Å². The summed E-state index contributed by atoms with van der Waals surface area (Å²) in [5.41, 5.74) is 0.840. The van der Waals surface area contributed by atoms with Crippen molar-refractivity contribution in [3.8, 4) is 5.75 Å². The van der Waals surface area contributed by atoms with E-state index in [1.54, 1.807) is 13.1 Å². The molecule has 1 aliphatic carbocycles. The van der Waals surface area contributed by atoms with E-state index in [4.69, 9.17) is 9.47 Å². The number of nitrogens with zero attached hydrogens (tertiary/aromatic N) is 1. The smallest absolute Gasteiger partial charge is 0.191 e. The Bertz CT molecular complexity index is 539. The number of rotatable bonds is 10. The van der Waals surface area contributed by atoms with Crippen molar-refractivity contribution in [1.82, 2.24) is 10.6 Å². The number of hydrogen-bond donors (Lipinski definition) is 2. The van der Waals surface area contributed by atoms with E-state index in [2.05, 4.69) is 15.6 Å². The Morgan fingerprint density at radius 3 is 2.76 bits per heavy atom. The lowest BCUT2D eigenvalue weighted by atomic mass is 10.2. The van der Waals surface area contributed by atoms with Crippen LogP contribution in [-0.4, -0.2) is 39.4 Å². The van der Waals surface area contributed by atoms with Crippen LogP contribution >= 0.6 is 24.0 Å². The van der Waals surface area contributed by atoms with Gasteiger partial charge in [0.2, 0.25) is 0 Å². The van der Waals surface area contributed by atoms with Gasteiger partial charge >= 0.3 is 0 Å². The second-order valence-corrected chi connectivity index (χ2v) is 5.92. The molecule has 0 aliphatic heterocycles. The fraction of sp³-hybridized carbons (Fsp3) is 0.611. The van der Waals surface area contributed by atoms with E-state index in [-0.39, 0.29) is 35.5 Å². The van der Waals surface area contributed by atoms with Gasteiger partial charge in [0.1, 0.15) is 0 Å². The summed E-state index contributed by atoms with van der Waals surface area (Å²) in [4.78, 5) is 4.16. The molecule has 1 aliphatic rings. The van der Waals surface area contributed by atoms with Crippen LogP contribution in [0.4, 0.5) is 4.39 Å². The molecule has 7 heteroatoms. The van der Waals surface area contributed by atoms with Crippen molar-refractivity contribution in [1.29, 1.82) is 0 Å². The van der Waals surface area contributed by atoms with Gasteiger partial charge in [0.25, 0.3) is 0 Å². The van der Waals surface area contributed by atoms with E-state index >= 15 is 0 Å². The largest absolute Gasteiger partial charge is 0.491 e. The first-order valence-electron chi connectivity index (χ1n) is 8.66. The van der Waals surface area contributed by atoms with Crippen LogP contribution in [0.5, 0.6) is 5.75 Å². The molecule has 1 saturated carbocycles. The molecule has 1 aromatic rings. The molecule has 1 fully saturated rings. The summed E-state index contributed by atoms with van der Waals surface area (Å²) in [5, 5.41) is 6.40. The summed E-state index contributed by atoms with van der Waals surface area (Å²) in [6.45, 7) is 5.25. The third kappa shape index (κ3) is 8.71. The van der Waals surface area contributed by atoms with Crippen molar-refractivity contribution in [2.45, 2.75) is 32.7 Å². The molecule has 142 valence electrons. The van der Waals surface area contributed by atoms with Crippen molar-refractivity contribution < 1.29 is 13.9 Å². The van der Waals surface area contributed by atoms with E-state index in [0.29, 0.717) is 19.1 Å². The van der Waals surface area contributed by atoms with E-state index < -0.39 is 0 Å². The van der Waals surface area contributed by atoms with Crippen LogP contribution in [0.3, 0.4) is 0 Å². The Morgan fingerprint density at radius 1 is 1.32 bits per heavy atom. The summed E-state index contributed by atoms with van der Waals surface area (Å²) in [5.74, 6) is 1.45. The third-order valence-corrected chi connectivity index (χ3v) is 3.79. The normalized spacial score (nSPS) is 14.0. The highest BCUT2D eigenvalue weighted by Crippen LogP contribution is 2.28. The predicted octanol–water partition coefficient (Wildman–Crippen LogP) is 3.32. The van der Waals surface area contributed by atoms with Crippen LogP contribution < -0.4 is 15.4 Å². The maximum atomic E-state index is 13.8. The molecule has 0 amide bonds. The highest BCUT2D eigenvalue weighted by Gasteiger charge is 2.20. The minimum atomic E-state index is -0.341. The van der Waals surface area contributed by atoms with Gasteiger partial charge in [0.15, 0.2) is 17.5 Å². The highest BCUT2D eigenvalue weighted by atomic mass is 127. The van der Waals surface area contributed by atoms with E-state index in [1.807, 2.05) is 13.0 Å². The Kier molecular flexibility index (Phi) is 10.8. The van der Waals surface area contributed by atoms with Crippen LogP contribution in [0, 0.1) is 11.7 Å². The Balaban J connectivity index is 0.00000312. The van der Waals surface area contributed by atoms with Crippen molar-refractivity contribution in [3.63, 3.8) is 0 Å². The zero-order chi connectivity index (χ0) is 17.2. The number of ether oxygens (including phenoxy) is 2. The van der Waals surface area contributed by atoms with Gasteiger partial charge in [0, 0.05) is 33.4 Å². The standard InChI is InChI=1S/C18H28FN3O2.HI/c1-3-24-17-8-7-15(11-16(17)19)12-22-18(20-2)21-9-4-10-23-13-14-5-6-14;/h7-8,11,14H,3-6,9-10,12-13H2,1-2H3,(H2,20,21,22);1H. The zero-order valence-electron chi connectivity index (χ0n) is 15.0. The van der Waals surface area contributed by atoms with E-state index in [0.717, 1.165) is 37.7 Å². The maximum absolute atomic E-state index is 13.8. The highest BCUT2D eigenvalue weighted by molar-refractivity contribution is 14.0. The topological polar surface area (TPSA) is 54.9 Å². The summed E-state index contributed by atoms with van der Waals surface area (Å²) in [6.07, 6.45) is 3.58. The molecule has 2 rings (SSSR count). The maximum Gasteiger partial charge on any atom is 0.191 e. The van der Waals surface area contributed by atoms with Gasteiger partial charge in [-0.05, 0) is 49.8 Å². The van der Waals surface area contributed by atoms with Crippen LogP contribution in [0.25, 0.3) is 0 Å². The zero-order valence-corrected chi connectivity index (χ0v) is 17.3. The molecule has 0 radical (unpaired) electrons. The molecule has 0 spiro atoms. The van der Waals surface area contributed by atoms with Crippen molar-refractivity contribution >= 4 is 29.9 Å². The van der Waals surface area contributed by atoms with Gasteiger partial charge in [-0.25, -0.2) is 4.39 Å². The van der Waals surface area contributed by atoms with Gasteiger partial charge in [-0.15, -0.1) is 24.0 Å².